The molecule has 1 aromatic carbocycles. The fraction of sp³-hybridized carbons (Fsp3) is 0.273. The number of allylic oxidation sites excluding steroid dienone is 1. The number of para-hydroxylation sites is 1. The predicted octanol–water partition coefficient (Wildman–Crippen LogP) is 3.27. The van der Waals surface area contributed by atoms with E-state index >= 15 is 0 Å². The van der Waals surface area contributed by atoms with Crippen LogP contribution in [0.25, 0.3) is 0 Å². The minimum Gasteiger partial charge on any atom is -0.486 e. The Bertz CT molecular complexity index is 323. The van der Waals surface area contributed by atoms with Crippen molar-refractivity contribution in [2.75, 3.05) is 12.3 Å². The maximum Gasteiger partial charge on any atom is 0.161 e. The number of nitrogen functional groups attached to an aromatic ring is 1. The number of halogens is 1. The summed E-state index contributed by atoms with van der Waals surface area (Å²) in [5, 5.41) is 0.548. The highest BCUT2D eigenvalue weighted by Crippen LogP contribution is 2.30. The van der Waals surface area contributed by atoms with Crippen molar-refractivity contribution >= 4 is 17.3 Å². The van der Waals surface area contributed by atoms with Gasteiger partial charge in [-0.15, -0.1) is 0 Å². The van der Waals surface area contributed by atoms with Crippen molar-refractivity contribution in [2.24, 2.45) is 0 Å². The molecule has 0 bridgehead atoms. The summed E-state index contributed by atoms with van der Waals surface area (Å²) >= 11 is 5.92. The average Bonchev–Trinajstić information content (AvgIpc) is 2.09. The Morgan fingerprint density at radius 1 is 1.50 bits per heavy atom. The molecule has 0 amide bonds. The van der Waals surface area contributed by atoms with Crippen LogP contribution in [0, 0.1) is 0 Å². The Morgan fingerprint density at radius 2 is 2.21 bits per heavy atom. The standard InChI is InChI=1S/C11H14ClNO/c1-8(2)6-7-14-11-9(12)4-3-5-10(11)13/h3-6H,7,13H2,1-2H3. The Hall–Kier alpha value is -1.15. The summed E-state index contributed by atoms with van der Waals surface area (Å²) in [5.41, 5.74) is 7.48. The molecule has 0 aromatic heterocycles. The SMILES string of the molecule is CC(C)=CCOc1c(N)cccc1Cl. The summed E-state index contributed by atoms with van der Waals surface area (Å²) in [7, 11) is 0. The van der Waals surface area contributed by atoms with Gasteiger partial charge in [-0.05, 0) is 32.1 Å². The van der Waals surface area contributed by atoms with Crippen molar-refractivity contribution in [3.63, 3.8) is 0 Å². The van der Waals surface area contributed by atoms with Gasteiger partial charge in [0.15, 0.2) is 5.75 Å². The molecule has 1 aromatic rings. The van der Waals surface area contributed by atoms with Gasteiger partial charge >= 0.3 is 0 Å². The van der Waals surface area contributed by atoms with Crippen molar-refractivity contribution in [1.29, 1.82) is 0 Å². The van der Waals surface area contributed by atoms with Gasteiger partial charge in [-0.2, -0.15) is 0 Å². The van der Waals surface area contributed by atoms with Crippen molar-refractivity contribution in [3.05, 3.63) is 34.9 Å². The monoisotopic (exact) mass is 211 g/mol. The number of anilines is 1. The molecule has 0 aliphatic rings. The summed E-state index contributed by atoms with van der Waals surface area (Å²) in [6.07, 6.45) is 1.97. The molecule has 3 heteroatoms. The van der Waals surface area contributed by atoms with E-state index in [2.05, 4.69) is 0 Å². The number of hydrogen-bond donors (Lipinski definition) is 1. The largest absolute Gasteiger partial charge is 0.486 e. The summed E-state index contributed by atoms with van der Waals surface area (Å²) < 4.78 is 5.45. The highest BCUT2D eigenvalue weighted by atomic mass is 35.5. The van der Waals surface area contributed by atoms with Gasteiger partial charge < -0.3 is 10.5 Å². The van der Waals surface area contributed by atoms with Gasteiger partial charge in [-0.3, -0.25) is 0 Å². The van der Waals surface area contributed by atoms with Crippen molar-refractivity contribution in [1.82, 2.24) is 0 Å². The predicted molar refractivity (Wildman–Crippen MR) is 60.8 cm³/mol. The quantitative estimate of drug-likeness (QED) is 0.615. The highest BCUT2D eigenvalue weighted by Gasteiger charge is 2.03. The van der Waals surface area contributed by atoms with Crippen LogP contribution in [0.2, 0.25) is 5.02 Å². The Morgan fingerprint density at radius 3 is 2.79 bits per heavy atom. The zero-order valence-corrected chi connectivity index (χ0v) is 9.14. The van der Waals surface area contributed by atoms with Crippen molar-refractivity contribution < 1.29 is 4.74 Å². The molecule has 0 aliphatic heterocycles. The zero-order chi connectivity index (χ0) is 10.6. The molecule has 1 rings (SSSR count). The molecule has 2 nitrogen and oxygen atoms in total. The van der Waals surface area contributed by atoms with Crippen LogP contribution < -0.4 is 10.5 Å². The smallest absolute Gasteiger partial charge is 0.161 e. The lowest BCUT2D eigenvalue weighted by atomic mass is 10.3. The first-order chi connectivity index (χ1) is 6.61. The van der Waals surface area contributed by atoms with Gasteiger partial charge in [0, 0.05) is 0 Å². The lowest BCUT2D eigenvalue weighted by Crippen LogP contribution is -1.98. The molecule has 0 radical (unpaired) electrons. The third-order valence-corrected chi connectivity index (χ3v) is 2.01. The van der Waals surface area contributed by atoms with Crippen LogP contribution in [-0.2, 0) is 0 Å². The molecule has 0 saturated carbocycles. The van der Waals surface area contributed by atoms with E-state index in [0.717, 1.165) is 0 Å². The van der Waals surface area contributed by atoms with E-state index < -0.39 is 0 Å². The molecule has 14 heavy (non-hydrogen) atoms. The number of rotatable bonds is 3. The summed E-state index contributed by atoms with van der Waals surface area (Å²) in [6.45, 7) is 4.52. The van der Waals surface area contributed by atoms with E-state index in [4.69, 9.17) is 22.1 Å². The van der Waals surface area contributed by atoms with Gasteiger partial charge in [0.25, 0.3) is 0 Å². The first-order valence-corrected chi connectivity index (χ1v) is 4.79. The maximum atomic E-state index is 5.92. The fourth-order valence-electron chi connectivity index (χ4n) is 0.969. The third kappa shape index (κ3) is 2.96. The van der Waals surface area contributed by atoms with Crippen LogP contribution >= 0.6 is 11.6 Å². The van der Waals surface area contributed by atoms with E-state index in [-0.39, 0.29) is 0 Å². The number of benzene rings is 1. The summed E-state index contributed by atoms with van der Waals surface area (Å²) in [5.74, 6) is 0.562. The lowest BCUT2D eigenvalue weighted by Gasteiger charge is -2.08. The second-order valence-corrected chi connectivity index (χ2v) is 3.66. The van der Waals surface area contributed by atoms with Crippen LogP contribution in [-0.4, -0.2) is 6.61 Å². The van der Waals surface area contributed by atoms with Gasteiger partial charge in [0.2, 0.25) is 0 Å². The third-order valence-electron chi connectivity index (χ3n) is 1.72. The van der Waals surface area contributed by atoms with Gasteiger partial charge in [0.1, 0.15) is 6.61 Å². The Labute approximate surface area is 89.3 Å². The minimum absolute atomic E-state index is 0.496. The normalized spacial score (nSPS) is 9.64. The maximum absolute atomic E-state index is 5.92. The van der Waals surface area contributed by atoms with Crippen molar-refractivity contribution in [2.45, 2.75) is 13.8 Å². The molecule has 0 heterocycles. The topological polar surface area (TPSA) is 35.2 Å². The number of nitrogens with two attached hydrogens (primary N) is 1. The van der Waals surface area contributed by atoms with Gasteiger partial charge in [0.05, 0.1) is 10.7 Å². The Kier molecular flexibility index (Phi) is 3.84. The molecule has 0 atom stereocenters. The van der Waals surface area contributed by atoms with E-state index in [9.17, 15) is 0 Å². The molecular weight excluding hydrogens is 198 g/mol. The van der Waals surface area contributed by atoms with E-state index in [1.807, 2.05) is 19.9 Å². The van der Waals surface area contributed by atoms with Crippen LogP contribution in [0.15, 0.2) is 29.8 Å². The summed E-state index contributed by atoms with van der Waals surface area (Å²) in [6, 6.07) is 5.32. The second-order valence-electron chi connectivity index (χ2n) is 3.25. The van der Waals surface area contributed by atoms with E-state index in [1.165, 1.54) is 5.57 Å². The van der Waals surface area contributed by atoms with Crippen LogP contribution in [0.4, 0.5) is 5.69 Å². The fourth-order valence-corrected chi connectivity index (χ4v) is 1.21. The second kappa shape index (κ2) is 4.91. The molecule has 2 N–H and O–H groups in total. The van der Waals surface area contributed by atoms with Gasteiger partial charge in [-0.1, -0.05) is 23.2 Å². The van der Waals surface area contributed by atoms with Crippen LogP contribution in [0.3, 0.4) is 0 Å². The number of hydrogen-bond acceptors (Lipinski definition) is 2. The molecule has 0 fully saturated rings. The first kappa shape index (κ1) is 10.9. The minimum atomic E-state index is 0.496. The van der Waals surface area contributed by atoms with Crippen molar-refractivity contribution in [3.8, 4) is 5.75 Å². The molecule has 0 saturated heterocycles. The average molecular weight is 212 g/mol. The lowest BCUT2D eigenvalue weighted by molar-refractivity contribution is 0.364. The van der Waals surface area contributed by atoms with E-state index in [1.54, 1.807) is 18.2 Å². The van der Waals surface area contributed by atoms with Crippen LogP contribution in [0.1, 0.15) is 13.8 Å². The first-order valence-electron chi connectivity index (χ1n) is 4.41. The summed E-state index contributed by atoms with van der Waals surface area (Å²) in [4.78, 5) is 0. The molecular formula is C11H14ClNO. The zero-order valence-electron chi connectivity index (χ0n) is 8.38. The molecule has 0 unspecified atom stereocenters. The number of ether oxygens (including phenoxy) is 1. The Balaban J connectivity index is 2.71. The highest BCUT2D eigenvalue weighted by molar-refractivity contribution is 6.32. The molecule has 0 spiro atoms. The van der Waals surface area contributed by atoms with E-state index in [0.29, 0.717) is 23.1 Å². The van der Waals surface area contributed by atoms with Crippen LogP contribution in [0.5, 0.6) is 5.75 Å². The molecule has 0 aliphatic carbocycles. The van der Waals surface area contributed by atoms with Gasteiger partial charge in [-0.25, -0.2) is 0 Å². The molecule has 76 valence electrons.